The number of aromatic nitrogens is 1. The molecular formula is C11H17N3O2S. The second kappa shape index (κ2) is 5.12. The smallest absolute Gasteiger partial charge is 0.215 e. The zero-order valence-electron chi connectivity index (χ0n) is 9.62. The van der Waals surface area contributed by atoms with Gasteiger partial charge < -0.3 is 5.73 Å². The van der Waals surface area contributed by atoms with Crippen molar-refractivity contribution < 1.29 is 8.42 Å². The van der Waals surface area contributed by atoms with E-state index in [1.54, 1.807) is 24.5 Å². The monoisotopic (exact) mass is 255 g/mol. The third kappa shape index (κ3) is 3.02. The number of nitrogens with two attached hydrogens (primary N) is 1. The van der Waals surface area contributed by atoms with Crippen molar-refractivity contribution in [2.45, 2.75) is 18.9 Å². The molecule has 1 aromatic heterocycles. The van der Waals surface area contributed by atoms with Crippen LogP contribution in [0.3, 0.4) is 0 Å². The Morgan fingerprint density at radius 1 is 1.29 bits per heavy atom. The summed E-state index contributed by atoms with van der Waals surface area (Å²) >= 11 is 0. The summed E-state index contributed by atoms with van der Waals surface area (Å²) in [4.78, 5) is 3.89. The summed E-state index contributed by atoms with van der Waals surface area (Å²) in [6.07, 6.45) is 5.14. The summed E-state index contributed by atoms with van der Waals surface area (Å²) in [6.45, 7) is 1.26. The van der Waals surface area contributed by atoms with Crippen LogP contribution in [0.25, 0.3) is 0 Å². The summed E-state index contributed by atoms with van der Waals surface area (Å²) in [5.74, 6) is -0.0307. The third-order valence-electron chi connectivity index (χ3n) is 2.98. The zero-order chi connectivity index (χ0) is 12.3. The molecule has 2 N–H and O–H groups in total. The Morgan fingerprint density at radius 3 is 2.47 bits per heavy atom. The summed E-state index contributed by atoms with van der Waals surface area (Å²) < 4.78 is 25.6. The van der Waals surface area contributed by atoms with Gasteiger partial charge in [-0.1, -0.05) is 0 Å². The van der Waals surface area contributed by atoms with Crippen molar-refractivity contribution in [2.75, 3.05) is 18.8 Å². The third-order valence-corrected chi connectivity index (χ3v) is 4.92. The lowest BCUT2D eigenvalue weighted by atomic mass is 10.1. The maximum Gasteiger partial charge on any atom is 0.215 e. The van der Waals surface area contributed by atoms with E-state index in [1.165, 1.54) is 4.31 Å². The van der Waals surface area contributed by atoms with E-state index in [0.717, 1.165) is 18.4 Å². The minimum Gasteiger partial charge on any atom is -0.323 e. The topological polar surface area (TPSA) is 76.3 Å². The lowest BCUT2D eigenvalue weighted by Crippen LogP contribution is -2.34. The van der Waals surface area contributed by atoms with Crippen LogP contribution < -0.4 is 5.73 Å². The molecule has 0 spiro atoms. The van der Waals surface area contributed by atoms with Crippen molar-refractivity contribution >= 4 is 10.0 Å². The fraction of sp³-hybridized carbons (Fsp3) is 0.545. The minimum absolute atomic E-state index is 0.0307. The second-order valence-electron chi connectivity index (χ2n) is 4.27. The van der Waals surface area contributed by atoms with Gasteiger partial charge in [0, 0.05) is 31.5 Å². The Hall–Kier alpha value is -0.980. The zero-order valence-corrected chi connectivity index (χ0v) is 10.4. The molecule has 2 heterocycles. The van der Waals surface area contributed by atoms with E-state index in [9.17, 15) is 8.42 Å². The quantitative estimate of drug-likeness (QED) is 0.850. The normalized spacial score (nSPS) is 19.4. The number of hydrogen-bond acceptors (Lipinski definition) is 4. The summed E-state index contributed by atoms with van der Waals surface area (Å²) in [5.41, 5.74) is 6.72. The molecule has 17 heavy (non-hydrogen) atoms. The molecule has 0 aliphatic carbocycles. The molecule has 0 radical (unpaired) electrons. The number of sulfonamides is 1. The van der Waals surface area contributed by atoms with Crippen LogP contribution in [0.15, 0.2) is 24.5 Å². The number of nitrogens with zero attached hydrogens (tertiary/aromatic N) is 2. The number of pyridine rings is 1. The van der Waals surface area contributed by atoms with Crippen LogP contribution in [0.4, 0.5) is 0 Å². The van der Waals surface area contributed by atoms with E-state index in [-0.39, 0.29) is 5.75 Å². The summed E-state index contributed by atoms with van der Waals surface area (Å²) in [7, 11) is -3.22. The first-order chi connectivity index (χ1) is 8.09. The standard InChI is InChI=1S/C11H17N3O2S/c12-11(10-3-5-13-6-4-10)9-17(15,16)14-7-1-2-8-14/h3-6,11H,1-2,7-9,12H2. The van der Waals surface area contributed by atoms with Crippen LogP contribution in [0.5, 0.6) is 0 Å². The molecule has 1 unspecified atom stereocenters. The highest BCUT2D eigenvalue weighted by atomic mass is 32.2. The van der Waals surface area contributed by atoms with Gasteiger partial charge in [0.05, 0.1) is 5.75 Å². The number of rotatable bonds is 4. The van der Waals surface area contributed by atoms with Gasteiger partial charge in [0.15, 0.2) is 0 Å². The first-order valence-corrected chi connectivity index (χ1v) is 7.34. The summed E-state index contributed by atoms with van der Waals surface area (Å²) in [6, 6.07) is 3.03. The van der Waals surface area contributed by atoms with Crippen LogP contribution in [-0.2, 0) is 10.0 Å². The van der Waals surface area contributed by atoms with Gasteiger partial charge in [0.2, 0.25) is 10.0 Å². The minimum atomic E-state index is -3.22. The Kier molecular flexibility index (Phi) is 3.76. The Balaban J connectivity index is 2.05. The molecule has 1 saturated heterocycles. The van der Waals surface area contributed by atoms with E-state index in [2.05, 4.69) is 4.98 Å². The van der Waals surface area contributed by atoms with Gasteiger partial charge in [-0.05, 0) is 30.5 Å². The van der Waals surface area contributed by atoms with Crippen LogP contribution in [0, 0.1) is 0 Å². The van der Waals surface area contributed by atoms with Gasteiger partial charge in [-0.3, -0.25) is 4.98 Å². The molecule has 5 nitrogen and oxygen atoms in total. The highest BCUT2D eigenvalue weighted by molar-refractivity contribution is 7.89. The Labute approximate surface area is 102 Å². The Bertz CT molecular complexity index is 455. The lowest BCUT2D eigenvalue weighted by Gasteiger charge is -2.18. The highest BCUT2D eigenvalue weighted by Gasteiger charge is 2.27. The molecule has 0 bridgehead atoms. The van der Waals surface area contributed by atoms with Crippen LogP contribution in [0.1, 0.15) is 24.4 Å². The SMILES string of the molecule is NC(CS(=O)(=O)N1CCCC1)c1ccncc1. The molecule has 0 amide bonds. The predicted molar refractivity (Wildman–Crippen MR) is 65.8 cm³/mol. The van der Waals surface area contributed by atoms with E-state index in [0.29, 0.717) is 13.1 Å². The van der Waals surface area contributed by atoms with Crippen LogP contribution >= 0.6 is 0 Å². The van der Waals surface area contributed by atoms with Crippen molar-refractivity contribution in [1.82, 2.24) is 9.29 Å². The average molecular weight is 255 g/mol. The molecule has 6 heteroatoms. The van der Waals surface area contributed by atoms with Crippen molar-refractivity contribution in [2.24, 2.45) is 5.73 Å². The van der Waals surface area contributed by atoms with Crippen molar-refractivity contribution in [1.29, 1.82) is 0 Å². The largest absolute Gasteiger partial charge is 0.323 e. The van der Waals surface area contributed by atoms with Gasteiger partial charge in [-0.15, -0.1) is 0 Å². The van der Waals surface area contributed by atoms with E-state index in [4.69, 9.17) is 5.73 Å². The van der Waals surface area contributed by atoms with Crippen LogP contribution in [-0.4, -0.2) is 36.5 Å². The van der Waals surface area contributed by atoms with Gasteiger partial charge in [0.1, 0.15) is 0 Å². The highest BCUT2D eigenvalue weighted by Crippen LogP contribution is 2.18. The fourth-order valence-corrected chi connectivity index (χ4v) is 3.68. The average Bonchev–Trinajstić information content (AvgIpc) is 2.84. The molecular weight excluding hydrogens is 238 g/mol. The summed E-state index contributed by atoms with van der Waals surface area (Å²) in [5, 5.41) is 0. The predicted octanol–water partition coefficient (Wildman–Crippen LogP) is 0.507. The van der Waals surface area contributed by atoms with Crippen molar-refractivity contribution in [3.63, 3.8) is 0 Å². The molecule has 1 aromatic rings. The first kappa shape index (κ1) is 12.5. The maximum absolute atomic E-state index is 12.0. The first-order valence-electron chi connectivity index (χ1n) is 5.73. The molecule has 1 atom stereocenters. The molecule has 0 aromatic carbocycles. The number of hydrogen-bond donors (Lipinski definition) is 1. The van der Waals surface area contributed by atoms with Crippen molar-refractivity contribution in [3.8, 4) is 0 Å². The van der Waals surface area contributed by atoms with E-state index in [1.807, 2.05) is 0 Å². The molecule has 94 valence electrons. The lowest BCUT2D eigenvalue weighted by molar-refractivity contribution is 0.473. The van der Waals surface area contributed by atoms with Gasteiger partial charge in [0.25, 0.3) is 0 Å². The van der Waals surface area contributed by atoms with Crippen molar-refractivity contribution in [3.05, 3.63) is 30.1 Å². The van der Waals surface area contributed by atoms with Crippen LogP contribution in [0.2, 0.25) is 0 Å². The van der Waals surface area contributed by atoms with Gasteiger partial charge in [-0.2, -0.15) is 0 Å². The van der Waals surface area contributed by atoms with E-state index >= 15 is 0 Å². The maximum atomic E-state index is 12.0. The molecule has 1 aliphatic rings. The second-order valence-corrected chi connectivity index (χ2v) is 6.29. The fourth-order valence-electron chi connectivity index (χ4n) is 2.01. The Morgan fingerprint density at radius 2 is 1.88 bits per heavy atom. The molecule has 1 fully saturated rings. The van der Waals surface area contributed by atoms with Gasteiger partial charge in [-0.25, -0.2) is 12.7 Å². The molecule has 1 aliphatic heterocycles. The van der Waals surface area contributed by atoms with Gasteiger partial charge >= 0.3 is 0 Å². The molecule has 2 rings (SSSR count). The molecule has 0 saturated carbocycles. The van der Waals surface area contributed by atoms with E-state index < -0.39 is 16.1 Å².